The number of hydrogen-bond donors (Lipinski definition) is 2. The largest absolute Gasteiger partial charge is 0.396 e. The summed E-state index contributed by atoms with van der Waals surface area (Å²) in [5, 5.41) is 21.0. The topological polar surface area (TPSA) is 81.1 Å². The van der Waals surface area contributed by atoms with Crippen LogP contribution in [0, 0.1) is 5.92 Å². The van der Waals surface area contributed by atoms with Crippen LogP contribution in [0.3, 0.4) is 0 Å². The van der Waals surface area contributed by atoms with Gasteiger partial charge in [-0.1, -0.05) is 50.1 Å². The first-order valence-corrected chi connectivity index (χ1v) is 11.8. The molecule has 0 aromatic heterocycles. The van der Waals surface area contributed by atoms with Gasteiger partial charge in [0.25, 0.3) is 5.91 Å². The van der Waals surface area contributed by atoms with Gasteiger partial charge in [0, 0.05) is 42.4 Å². The maximum atomic E-state index is 13.7. The van der Waals surface area contributed by atoms with Gasteiger partial charge >= 0.3 is 0 Å². The molecule has 2 atom stereocenters. The van der Waals surface area contributed by atoms with E-state index in [0.717, 1.165) is 25.7 Å². The molecule has 6 nitrogen and oxygen atoms in total. The Morgan fingerprint density at radius 2 is 1.79 bits per heavy atom. The molecule has 2 N–H and O–H groups in total. The molecule has 2 aliphatic heterocycles. The zero-order chi connectivity index (χ0) is 23.4. The van der Waals surface area contributed by atoms with Crippen LogP contribution in [0.1, 0.15) is 51.0 Å². The fourth-order valence-corrected chi connectivity index (χ4v) is 4.81. The van der Waals surface area contributed by atoms with Crippen molar-refractivity contribution in [3.05, 3.63) is 66.2 Å². The molecular formula is C27H32N2O4. The molecule has 0 bridgehead atoms. The van der Waals surface area contributed by atoms with E-state index in [9.17, 15) is 14.7 Å². The van der Waals surface area contributed by atoms with Crippen molar-refractivity contribution in [2.45, 2.75) is 51.0 Å². The number of aliphatic hydroxyl groups is 2. The minimum absolute atomic E-state index is 0.00351. The molecule has 0 unspecified atom stereocenters. The molecule has 0 radical (unpaired) electrons. The lowest BCUT2D eigenvalue weighted by Crippen LogP contribution is -2.43. The summed E-state index contributed by atoms with van der Waals surface area (Å²) in [4.78, 5) is 29.9. The molecule has 1 saturated heterocycles. The van der Waals surface area contributed by atoms with Gasteiger partial charge in [-0.15, -0.1) is 0 Å². The molecule has 2 aromatic carbocycles. The van der Waals surface area contributed by atoms with Crippen molar-refractivity contribution in [3.63, 3.8) is 0 Å². The van der Waals surface area contributed by atoms with Crippen molar-refractivity contribution in [2.75, 3.05) is 23.0 Å². The molecule has 6 heteroatoms. The first-order chi connectivity index (χ1) is 16.0. The van der Waals surface area contributed by atoms with Crippen LogP contribution in [0.2, 0.25) is 0 Å². The van der Waals surface area contributed by atoms with Crippen LogP contribution < -0.4 is 9.80 Å². The Balaban J connectivity index is 1.81. The van der Waals surface area contributed by atoms with Crippen molar-refractivity contribution < 1.29 is 19.8 Å². The summed E-state index contributed by atoms with van der Waals surface area (Å²) in [6.45, 7) is 2.44. The molecule has 174 valence electrons. The van der Waals surface area contributed by atoms with Crippen molar-refractivity contribution >= 4 is 28.9 Å². The number of nitrogens with zero attached hydrogens (tertiary/aromatic N) is 2. The van der Waals surface area contributed by atoms with Gasteiger partial charge in [0.05, 0.1) is 5.69 Å². The van der Waals surface area contributed by atoms with Gasteiger partial charge in [0.1, 0.15) is 0 Å². The standard InChI is InChI=1S/C27H32N2O4/c1-20(11-8-10-18-30)27(33)23-19-22(28-17-9-3-2-7-14-25(28)31)15-16-24(23)29(26(27)32)21-12-5-4-6-13-21/h4-6,8,11-13,15-16,19-20,30,33H,2-3,7,9-10,14,17-18H2,1H3/b11-8+/t20-,27+/m1/s1. The minimum atomic E-state index is -1.78. The van der Waals surface area contributed by atoms with Crippen LogP contribution >= 0.6 is 0 Å². The van der Waals surface area contributed by atoms with Crippen molar-refractivity contribution in [1.82, 2.24) is 0 Å². The summed E-state index contributed by atoms with van der Waals surface area (Å²) in [5.74, 6) is -0.860. The highest BCUT2D eigenvalue weighted by molar-refractivity contribution is 6.12. The SMILES string of the molecule is C[C@H](/C=C/CCO)[C@@]1(O)C(=O)N(c2ccccc2)c2ccc(N3CCCCCCC3=O)cc21. The number of aliphatic hydroxyl groups excluding tert-OH is 1. The van der Waals surface area contributed by atoms with E-state index in [4.69, 9.17) is 5.11 Å². The van der Waals surface area contributed by atoms with Crippen LogP contribution in [0.5, 0.6) is 0 Å². The minimum Gasteiger partial charge on any atom is -0.396 e. The number of fused-ring (bicyclic) bond motifs is 1. The van der Waals surface area contributed by atoms with E-state index >= 15 is 0 Å². The van der Waals surface area contributed by atoms with Crippen LogP contribution in [0.4, 0.5) is 17.1 Å². The first kappa shape index (κ1) is 23.2. The van der Waals surface area contributed by atoms with E-state index < -0.39 is 17.4 Å². The van der Waals surface area contributed by atoms with Crippen LogP contribution in [-0.2, 0) is 15.2 Å². The molecule has 2 aliphatic rings. The van der Waals surface area contributed by atoms with E-state index in [0.29, 0.717) is 42.0 Å². The Bertz CT molecular complexity index is 1040. The third-order valence-corrected chi connectivity index (χ3v) is 6.69. The van der Waals surface area contributed by atoms with E-state index in [1.54, 1.807) is 28.9 Å². The molecule has 1 fully saturated rings. The second kappa shape index (κ2) is 9.89. The second-order valence-corrected chi connectivity index (χ2v) is 8.88. The van der Waals surface area contributed by atoms with Gasteiger partial charge in [-0.05, 0) is 49.6 Å². The smallest absolute Gasteiger partial charge is 0.268 e. The zero-order valence-electron chi connectivity index (χ0n) is 19.1. The average Bonchev–Trinajstić information content (AvgIpc) is 3.04. The van der Waals surface area contributed by atoms with E-state index in [1.807, 2.05) is 48.5 Å². The van der Waals surface area contributed by atoms with Gasteiger partial charge in [-0.3, -0.25) is 14.5 Å². The maximum absolute atomic E-state index is 13.7. The van der Waals surface area contributed by atoms with Crippen LogP contribution in [0.15, 0.2) is 60.7 Å². The van der Waals surface area contributed by atoms with E-state index in [1.165, 1.54) is 0 Å². The highest BCUT2D eigenvalue weighted by Gasteiger charge is 2.53. The molecule has 0 spiro atoms. The summed E-state index contributed by atoms with van der Waals surface area (Å²) >= 11 is 0. The molecule has 4 rings (SSSR count). The van der Waals surface area contributed by atoms with Gasteiger partial charge in [0.15, 0.2) is 5.60 Å². The van der Waals surface area contributed by atoms with Gasteiger partial charge in [-0.25, -0.2) is 0 Å². The number of carbonyl (C=O) groups excluding carboxylic acids is 2. The molecule has 0 saturated carbocycles. The summed E-state index contributed by atoms with van der Waals surface area (Å²) in [6, 6.07) is 14.8. The maximum Gasteiger partial charge on any atom is 0.268 e. The van der Waals surface area contributed by atoms with E-state index in [-0.39, 0.29) is 12.5 Å². The third-order valence-electron chi connectivity index (χ3n) is 6.69. The van der Waals surface area contributed by atoms with E-state index in [2.05, 4.69) is 0 Å². The summed E-state index contributed by atoms with van der Waals surface area (Å²) in [6.07, 6.45) is 8.50. The quantitative estimate of drug-likeness (QED) is 0.641. The number of anilines is 3. The van der Waals surface area contributed by atoms with Gasteiger partial charge in [0.2, 0.25) is 5.91 Å². The van der Waals surface area contributed by atoms with Gasteiger partial charge < -0.3 is 15.1 Å². The predicted molar refractivity (Wildman–Crippen MR) is 129 cm³/mol. The molecular weight excluding hydrogens is 416 g/mol. The third kappa shape index (κ3) is 4.33. The molecule has 33 heavy (non-hydrogen) atoms. The fourth-order valence-electron chi connectivity index (χ4n) is 4.81. The van der Waals surface area contributed by atoms with Crippen LogP contribution in [0.25, 0.3) is 0 Å². The second-order valence-electron chi connectivity index (χ2n) is 8.88. The number of benzene rings is 2. The number of para-hydroxylation sites is 1. The Labute approximate surface area is 195 Å². The Morgan fingerprint density at radius 3 is 2.55 bits per heavy atom. The Kier molecular flexibility index (Phi) is 6.96. The molecule has 0 aliphatic carbocycles. The summed E-state index contributed by atoms with van der Waals surface area (Å²) in [5.41, 5.74) is 0.748. The fraction of sp³-hybridized carbons (Fsp3) is 0.407. The zero-order valence-corrected chi connectivity index (χ0v) is 19.1. The lowest BCUT2D eigenvalue weighted by atomic mass is 9.82. The molecule has 2 heterocycles. The first-order valence-electron chi connectivity index (χ1n) is 11.8. The number of carbonyl (C=O) groups is 2. The summed E-state index contributed by atoms with van der Waals surface area (Å²) in [7, 11) is 0. The lowest BCUT2D eigenvalue weighted by Gasteiger charge is -2.29. The van der Waals surface area contributed by atoms with Crippen molar-refractivity contribution in [2.24, 2.45) is 5.92 Å². The van der Waals surface area contributed by atoms with Crippen molar-refractivity contribution in [1.29, 1.82) is 0 Å². The summed E-state index contributed by atoms with van der Waals surface area (Å²) < 4.78 is 0. The Hall–Kier alpha value is -2.96. The van der Waals surface area contributed by atoms with Crippen molar-refractivity contribution in [3.8, 4) is 0 Å². The molecule has 2 aromatic rings. The monoisotopic (exact) mass is 448 g/mol. The average molecular weight is 449 g/mol. The highest BCUT2D eigenvalue weighted by atomic mass is 16.3. The van der Waals surface area contributed by atoms with Gasteiger partial charge in [-0.2, -0.15) is 0 Å². The molecule has 2 amide bonds. The lowest BCUT2D eigenvalue weighted by molar-refractivity contribution is -0.138. The van der Waals surface area contributed by atoms with Crippen LogP contribution in [-0.4, -0.2) is 35.2 Å². The number of rotatable bonds is 6. The number of amides is 2. The number of hydrogen-bond acceptors (Lipinski definition) is 4. The predicted octanol–water partition coefficient (Wildman–Crippen LogP) is 4.42. The Morgan fingerprint density at radius 1 is 1.03 bits per heavy atom. The normalized spacial score (nSPS) is 22.4. The highest BCUT2D eigenvalue weighted by Crippen LogP contribution is 2.49.